The number of esters is 1. The van der Waals surface area contributed by atoms with Crippen molar-refractivity contribution in [1.29, 1.82) is 0 Å². The van der Waals surface area contributed by atoms with Crippen molar-refractivity contribution in [2.24, 2.45) is 4.99 Å². The highest BCUT2D eigenvalue weighted by Crippen LogP contribution is 2.36. The fourth-order valence-electron chi connectivity index (χ4n) is 3.94. The van der Waals surface area contributed by atoms with E-state index in [0.717, 1.165) is 5.56 Å². The van der Waals surface area contributed by atoms with E-state index >= 15 is 0 Å². The molecule has 1 unspecified atom stereocenters. The Balaban J connectivity index is 1.94. The van der Waals surface area contributed by atoms with Crippen molar-refractivity contribution in [3.63, 3.8) is 0 Å². The van der Waals surface area contributed by atoms with Crippen LogP contribution in [-0.2, 0) is 9.53 Å². The number of fused-ring (bicyclic) bond motifs is 1. The van der Waals surface area contributed by atoms with Crippen LogP contribution in [-0.4, -0.2) is 36.0 Å². The van der Waals surface area contributed by atoms with Crippen molar-refractivity contribution in [1.82, 2.24) is 4.57 Å². The van der Waals surface area contributed by atoms with Crippen molar-refractivity contribution in [3.05, 3.63) is 84.5 Å². The smallest absolute Gasteiger partial charge is 0.338 e. The van der Waals surface area contributed by atoms with E-state index < -0.39 is 12.0 Å². The van der Waals surface area contributed by atoms with Crippen LogP contribution in [0.2, 0.25) is 0 Å². The molecule has 8 nitrogen and oxygen atoms in total. The maximum absolute atomic E-state index is 13.6. The lowest BCUT2D eigenvalue weighted by atomic mass is 9.95. The summed E-state index contributed by atoms with van der Waals surface area (Å²) < 4.78 is 18.4. The number of carbonyl (C=O) groups excluding carboxylic acids is 1. The Morgan fingerprint density at radius 2 is 1.86 bits per heavy atom. The maximum atomic E-state index is 13.6. The van der Waals surface area contributed by atoms with Gasteiger partial charge in [-0.05, 0) is 62.2 Å². The first kappa shape index (κ1) is 24.3. The predicted molar refractivity (Wildman–Crippen MR) is 133 cm³/mol. The topological polar surface area (TPSA) is 99.4 Å². The molecular weight excluding hydrogens is 468 g/mol. The van der Waals surface area contributed by atoms with Gasteiger partial charge in [0.25, 0.3) is 5.56 Å². The zero-order valence-electron chi connectivity index (χ0n) is 20.1. The largest absolute Gasteiger partial charge is 0.508 e. The summed E-state index contributed by atoms with van der Waals surface area (Å²) in [5, 5.41) is 9.55. The normalized spacial score (nSPS) is 15.6. The Bertz CT molecular complexity index is 1480. The van der Waals surface area contributed by atoms with Crippen LogP contribution in [0.5, 0.6) is 17.2 Å². The monoisotopic (exact) mass is 494 g/mol. The quantitative estimate of drug-likeness (QED) is 0.529. The van der Waals surface area contributed by atoms with Crippen LogP contribution >= 0.6 is 11.3 Å². The molecule has 0 bridgehead atoms. The van der Waals surface area contributed by atoms with Gasteiger partial charge in [-0.1, -0.05) is 29.5 Å². The summed E-state index contributed by atoms with van der Waals surface area (Å²) in [5.74, 6) is 0.624. The third kappa shape index (κ3) is 4.72. The number of allylic oxidation sites excluding steroid dienone is 1. The fourth-order valence-corrected chi connectivity index (χ4v) is 4.98. The average molecular weight is 495 g/mol. The first-order valence-corrected chi connectivity index (χ1v) is 11.8. The number of aromatic hydroxyl groups is 1. The molecule has 2 heterocycles. The second kappa shape index (κ2) is 9.79. The highest BCUT2D eigenvalue weighted by molar-refractivity contribution is 7.07. The van der Waals surface area contributed by atoms with Crippen LogP contribution in [0.3, 0.4) is 0 Å². The van der Waals surface area contributed by atoms with Crippen LogP contribution in [0.15, 0.2) is 63.5 Å². The highest BCUT2D eigenvalue weighted by atomic mass is 32.1. The van der Waals surface area contributed by atoms with Gasteiger partial charge in [0, 0.05) is 0 Å². The molecular formula is C26H26N2O6S. The Hall–Kier alpha value is -3.85. The predicted octanol–water partition coefficient (Wildman–Crippen LogP) is 2.91. The van der Waals surface area contributed by atoms with E-state index in [1.54, 1.807) is 49.4 Å². The standard InChI is InChI=1S/C26H26N2O6S/c1-14(2)34-19-11-8-17(13-20(19)32-4)23-22(25(31)33-5)15(3)27-26-28(23)24(30)21(35-26)12-16-6-9-18(29)10-7-16/h6-14,23,29H,1-5H3. The van der Waals surface area contributed by atoms with E-state index in [-0.39, 0.29) is 23.0 Å². The van der Waals surface area contributed by atoms with Gasteiger partial charge >= 0.3 is 5.97 Å². The number of ether oxygens (including phenoxy) is 3. The second-order valence-corrected chi connectivity index (χ2v) is 9.25. The van der Waals surface area contributed by atoms with E-state index in [4.69, 9.17) is 14.2 Å². The SMILES string of the molecule is COC(=O)C1=C(C)N=c2sc(=Cc3ccc(O)cc3)c(=O)n2C1c1ccc(OC(C)C)c(OC)c1. The molecule has 1 N–H and O–H groups in total. The van der Waals surface area contributed by atoms with Gasteiger partial charge in [0.05, 0.1) is 42.2 Å². The van der Waals surface area contributed by atoms with Gasteiger partial charge in [-0.3, -0.25) is 9.36 Å². The van der Waals surface area contributed by atoms with Crippen molar-refractivity contribution >= 4 is 23.4 Å². The first-order valence-electron chi connectivity index (χ1n) is 11.0. The number of phenolic OH excluding ortho intramolecular Hbond substituents is 1. The molecule has 0 radical (unpaired) electrons. The highest BCUT2D eigenvalue weighted by Gasteiger charge is 2.33. The number of carbonyl (C=O) groups is 1. The van der Waals surface area contributed by atoms with E-state index in [1.807, 2.05) is 19.9 Å². The van der Waals surface area contributed by atoms with Crippen molar-refractivity contribution in [2.75, 3.05) is 14.2 Å². The number of thiazole rings is 1. The van der Waals surface area contributed by atoms with Gasteiger partial charge < -0.3 is 19.3 Å². The number of phenols is 1. The van der Waals surface area contributed by atoms with Crippen LogP contribution in [0.1, 0.15) is 37.9 Å². The molecule has 1 aromatic heterocycles. The molecule has 0 fully saturated rings. The van der Waals surface area contributed by atoms with Crippen molar-refractivity contribution in [2.45, 2.75) is 32.9 Å². The van der Waals surface area contributed by atoms with Crippen molar-refractivity contribution in [3.8, 4) is 17.2 Å². The number of rotatable bonds is 6. The van der Waals surface area contributed by atoms with Gasteiger partial charge in [-0.15, -0.1) is 0 Å². The van der Waals surface area contributed by atoms with E-state index in [9.17, 15) is 14.7 Å². The summed E-state index contributed by atoms with van der Waals surface area (Å²) >= 11 is 1.23. The number of aromatic nitrogens is 1. The Morgan fingerprint density at radius 1 is 1.14 bits per heavy atom. The molecule has 3 aromatic rings. The van der Waals surface area contributed by atoms with Crippen LogP contribution in [0, 0.1) is 0 Å². The average Bonchev–Trinajstić information content (AvgIpc) is 3.13. The van der Waals surface area contributed by atoms with Gasteiger partial charge in [-0.2, -0.15) is 0 Å². The summed E-state index contributed by atoms with van der Waals surface area (Å²) in [7, 11) is 2.84. The summed E-state index contributed by atoms with van der Waals surface area (Å²) in [5.41, 5.74) is 1.87. The molecule has 182 valence electrons. The lowest BCUT2D eigenvalue weighted by molar-refractivity contribution is -0.136. The zero-order chi connectivity index (χ0) is 25.3. The number of methoxy groups -OCH3 is 2. The minimum atomic E-state index is -0.761. The zero-order valence-corrected chi connectivity index (χ0v) is 20.9. The molecule has 1 atom stereocenters. The van der Waals surface area contributed by atoms with Gasteiger partial charge in [0.1, 0.15) is 5.75 Å². The number of hydrogen-bond donors (Lipinski definition) is 1. The van der Waals surface area contributed by atoms with Crippen molar-refractivity contribution < 1.29 is 24.1 Å². The van der Waals surface area contributed by atoms with E-state index in [2.05, 4.69) is 4.99 Å². The lowest BCUT2D eigenvalue weighted by Gasteiger charge is -2.25. The number of benzene rings is 2. The molecule has 4 rings (SSSR count). The fraction of sp³-hybridized carbons (Fsp3) is 0.269. The van der Waals surface area contributed by atoms with Gasteiger partial charge in [0.15, 0.2) is 16.3 Å². The van der Waals surface area contributed by atoms with Crippen LogP contribution < -0.4 is 24.4 Å². The maximum Gasteiger partial charge on any atom is 0.338 e. The third-order valence-electron chi connectivity index (χ3n) is 5.48. The molecule has 35 heavy (non-hydrogen) atoms. The van der Waals surface area contributed by atoms with Gasteiger partial charge in [-0.25, -0.2) is 9.79 Å². The van der Waals surface area contributed by atoms with E-state index in [0.29, 0.717) is 32.1 Å². The second-order valence-electron chi connectivity index (χ2n) is 8.24. The Kier molecular flexibility index (Phi) is 6.79. The van der Waals surface area contributed by atoms with Gasteiger partial charge in [0.2, 0.25) is 0 Å². The Morgan fingerprint density at radius 3 is 2.49 bits per heavy atom. The molecule has 9 heteroatoms. The van der Waals surface area contributed by atoms with E-state index in [1.165, 1.54) is 30.1 Å². The molecule has 0 spiro atoms. The molecule has 1 aliphatic rings. The molecule has 1 aliphatic heterocycles. The third-order valence-corrected chi connectivity index (χ3v) is 6.47. The Labute approximate surface area is 206 Å². The molecule has 2 aromatic carbocycles. The summed E-state index contributed by atoms with van der Waals surface area (Å²) in [6, 6.07) is 11.1. The molecule has 0 amide bonds. The number of hydrogen-bond acceptors (Lipinski definition) is 8. The minimum absolute atomic E-state index is 0.0555. The minimum Gasteiger partial charge on any atom is -0.508 e. The summed E-state index contributed by atoms with van der Waals surface area (Å²) in [6.45, 7) is 5.56. The number of nitrogens with zero attached hydrogens (tertiary/aromatic N) is 2. The van der Waals surface area contributed by atoms with Crippen LogP contribution in [0.25, 0.3) is 6.08 Å². The molecule has 0 aliphatic carbocycles. The molecule has 0 saturated carbocycles. The van der Waals surface area contributed by atoms with Crippen LogP contribution in [0.4, 0.5) is 0 Å². The molecule has 0 saturated heterocycles. The lowest BCUT2D eigenvalue weighted by Crippen LogP contribution is -2.39. The summed E-state index contributed by atoms with van der Waals surface area (Å²) in [4.78, 5) is 31.5. The first-order chi connectivity index (χ1) is 16.7. The summed E-state index contributed by atoms with van der Waals surface area (Å²) in [6.07, 6.45) is 1.68.